The highest BCUT2D eigenvalue weighted by Crippen LogP contribution is 2.29. The molecule has 0 saturated carbocycles. The van der Waals surface area contributed by atoms with Crippen molar-refractivity contribution in [2.45, 2.75) is 57.7 Å². The van der Waals surface area contributed by atoms with E-state index in [2.05, 4.69) is 70.4 Å². The quantitative estimate of drug-likeness (QED) is 0.405. The number of rotatable bonds is 7. The van der Waals surface area contributed by atoms with Gasteiger partial charge in [0, 0.05) is 75.8 Å². The number of amides is 2. The molecule has 2 amide bonds. The molecule has 234 valence electrons. The molecular weight excluding hydrogens is 614 g/mol. The van der Waals surface area contributed by atoms with Crippen LogP contribution in [-0.4, -0.2) is 114 Å². The van der Waals surface area contributed by atoms with Crippen molar-refractivity contribution in [1.29, 1.82) is 0 Å². The summed E-state index contributed by atoms with van der Waals surface area (Å²) in [5.74, 6) is 0.0448. The number of anilines is 4. The molecule has 3 saturated heterocycles. The molecule has 12 nitrogen and oxygen atoms in total. The van der Waals surface area contributed by atoms with E-state index < -0.39 is 11.5 Å². The highest BCUT2D eigenvalue weighted by Gasteiger charge is 2.31. The number of piperidine rings is 1. The smallest absolute Gasteiger partial charge is 0.410 e. The molecule has 3 fully saturated rings. The van der Waals surface area contributed by atoms with Crippen LogP contribution in [0.2, 0.25) is 0 Å². The molecule has 3 aliphatic heterocycles. The number of likely N-dealkylation sites (tertiary alicyclic amines) is 1. The molecule has 13 heteroatoms. The second-order valence-electron chi connectivity index (χ2n) is 12.7. The lowest BCUT2D eigenvalue weighted by Crippen LogP contribution is -2.52. The van der Waals surface area contributed by atoms with Crippen LogP contribution in [0.25, 0.3) is 0 Å². The summed E-state index contributed by atoms with van der Waals surface area (Å²) in [7, 11) is 2.20. The first-order valence-electron chi connectivity index (χ1n) is 15.1. The first kappa shape index (κ1) is 31.3. The van der Waals surface area contributed by atoms with E-state index in [-0.39, 0.29) is 23.6 Å². The van der Waals surface area contributed by atoms with Crippen molar-refractivity contribution in [1.82, 2.24) is 24.7 Å². The van der Waals surface area contributed by atoms with E-state index in [0.717, 1.165) is 51.4 Å². The normalized spacial score (nSPS) is 20.7. The number of nitrogens with two attached hydrogens (primary N) is 1. The third-order valence-electron chi connectivity index (χ3n) is 8.28. The number of primary amides is 1. The van der Waals surface area contributed by atoms with Crippen molar-refractivity contribution in [3.8, 4) is 0 Å². The van der Waals surface area contributed by atoms with E-state index in [9.17, 15) is 9.59 Å². The summed E-state index contributed by atoms with van der Waals surface area (Å²) in [5.41, 5.74) is 7.09. The minimum absolute atomic E-state index is 0.0364. The number of nitrogens with one attached hydrogen (secondary N) is 2. The predicted octanol–water partition coefficient (Wildman–Crippen LogP) is 3.72. The van der Waals surface area contributed by atoms with Crippen molar-refractivity contribution in [3.05, 3.63) is 34.6 Å². The molecule has 2 aromatic rings. The van der Waals surface area contributed by atoms with Crippen molar-refractivity contribution in [3.63, 3.8) is 0 Å². The van der Waals surface area contributed by atoms with Gasteiger partial charge in [0.2, 0.25) is 0 Å². The number of hydrogen-bond donors (Lipinski definition) is 3. The molecule has 0 radical (unpaired) electrons. The zero-order chi connectivity index (χ0) is 30.7. The van der Waals surface area contributed by atoms with Gasteiger partial charge in [0.15, 0.2) is 17.3 Å². The maximum atomic E-state index is 12.5. The summed E-state index contributed by atoms with van der Waals surface area (Å²) in [6, 6.07) is 8.78. The van der Waals surface area contributed by atoms with Crippen LogP contribution in [0.5, 0.6) is 0 Å². The number of likely N-dealkylation sites (N-methyl/N-ethyl adjacent to an activating group) is 1. The van der Waals surface area contributed by atoms with Crippen LogP contribution in [0, 0.1) is 0 Å². The first-order valence-corrected chi connectivity index (χ1v) is 15.9. The Morgan fingerprint density at radius 3 is 2.26 bits per heavy atom. The molecule has 3 aliphatic rings. The molecular formula is C30H44BrN9O3. The zero-order valence-corrected chi connectivity index (χ0v) is 27.2. The Morgan fingerprint density at radius 1 is 0.953 bits per heavy atom. The highest BCUT2D eigenvalue weighted by atomic mass is 79.9. The van der Waals surface area contributed by atoms with Crippen molar-refractivity contribution >= 4 is 50.9 Å². The lowest BCUT2D eigenvalue weighted by molar-refractivity contribution is 0.0293. The Bertz CT molecular complexity index is 1290. The number of halogens is 1. The van der Waals surface area contributed by atoms with E-state index in [0.29, 0.717) is 29.6 Å². The number of carbonyl (C=O) groups excluding carboxylic acids is 2. The Balaban J connectivity index is 1.21. The molecule has 43 heavy (non-hydrogen) atoms. The molecule has 0 unspecified atom stereocenters. The summed E-state index contributed by atoms with van der Waals surface area (Å²) in [4.78, 5) is 43.0. The summed E-state index contributed by atoms with van der Waals surface area (Å²) >= 11 is 3.42. The van der Waals surface area contributed by atoms with E-state index in [1.807, 2.05) is 32.9 Å². The number of carbonyl (C=O) groups is 2. The lowest BCUT2D eigenvalue weighted by atomic mass is 10.0. The maximum Gasteiger partial charge on any atom is 0.410 e. The van der Waals surface area contributed by atoms with Crippen LogP contribution in [0.3, 0.4) is 0 Å². The van der Waals surface area contributed by atoms with Gasteiger partial charge in [0.05, 0.1) is 0 Å². The molecule has 5 rings (SSSR count). The highest BCUT2D eigenvalue weighted by molar-refractivity contribution is 9.10. The van der Waals surface area contributed by atoms with Gasteiger partial charge in [-0.25, -0.2) is 14.8 Å². The molecule has 1 aromatic carbocycles. The molecule has 0 aliphatic carbocycles. The van der Waals surface area contributed by atoms with Gasteiger partial charge >= 0.3 is 6.09 Å². The second-order valence-corrected chi connectivity index (χ2v) is 13.5. The maximum absolute atomic E-state index is 12.5. The fourth-order valence-electron chi connectivity index (χ4n) is 5.90. The van der Waals surface area contributed by atoms with Gasteiger partial charge in [-0.3, -0.25) is 9.69 Å². The molecule has 0 spiro atoms. The Hall–Kier alpha value is -3.16. The van der Waals surface area contributed by atoms with E-state index >= 15 is 0 Å². The molecule has 4 heterocycles. The van der Waals surface area contributed by atoms with Crippen LogP contribution in [0.1, 0.15) is 50.5 Å². The average Bonchev–Trinajstić information content (AvgIpc) is 3.43. The summed E-state index contributed by atoms with van der Waals surface area (Å²) in [6.07, 6.45) is 2.73. The van der Waals surface area contributed by atoms with Crippen molar-refractivity contribution < 1.29 is 14.3 Å². The van der Waals surface area contributed by atoms with Gasteiger partial charge in [0.1, 0.15) is 10.2 Å². The van der Waals surface area contributed by atoms with Gasteiger partial charge in [-0.1, -0.05) is 0 Å². The zero-order valence-electron chi connectivity index (χ0n) is 25.6. The SMILES string of the molecule is CN1CCN(C2CCN(c3ccc(Nc4nc(N[C@@H]5CCN(C(=O)OC(C)(C)C)C5)c(Br)nc4C(N)=O)cc3)CC2)CC1. The number of ether oxygens (including phenoxy) is 1. The lowest BCUT2D eigenvalue weighted by Gasteiger charge is -2.42. The number of benzene rings is 1. The molecule has 0 bridgehead atoms. The van der Waals surface area contributed by atoms with Crippen LogP contribution >= 0.6 is 15.9 Å². The molecule has 4 N–H and O–H groups in total. The predicted molar refractivity (Wildman–Crippen MR) is 172 cm³/mol. The van der Waals surface area contributed by atoms with Gasteiger partial charge < -0.3 is 35.8 Å². The van der Waals surface area contributed by atoms with E-state index in [1.54, 1.807) is 4.90 Å². The number of nitrogens with zero attached hydrogens (tertiary/aromatic N) is 6. The van der Waals surface area contributed by atoms with Crippen LogP contribution in [-0.2, 0) is 4.74 Å². The van der Waals surface area contributed by atoms with Crippen molar-refractivity contribution in [2.24, 2.45) is 5.73 Å². The van der Waals surface area contributed by atoms with Gasteiger partial charge in [0.25, 0.3) is 5.91 Å². The standard InChI is InChI=1S/C30H44BrN9O3/c1-30(2,3)43-29(42)40-12-9-21(19-40)34-28-25(31)35-24(26(32)41)27(36-28)33-20-5-7-22(8-6-20)38-13-10-23(11-14-38)39-17-15-37(4)16-18-39/h5-8,21,23H,9-19H2,1-4H3,(H2,32,41)(H2,33,34,36)/t21-/m1/s1. The van der Waals surface area contributed by atoms with Gasteiger partial charge in [-0.2, -0.15) is 0 Å². The average molecular weight is 659 g/mol. The van der Waals surface area contributed by atoms with E-state index in [1.165, 1.54) is 18.5 Å². The Morgan fingerprint density at radius 2 is 1.63 bits per heavy atom. The number of hydrogen-bond acceptors (Lipinski definition) is 10. The third kappa shape index (κ3) is 8.07. The van der Waals surface area contributed by atoms with Gasteiger partial charge in [-0.15, -0.1) is 0 Å². The van der Waals surface area contributed by atoms with Crippen LogP contribution in [0.15, 0.2) is 28.9 Å². The summed E-state index contributed by atoms with van der Waals surface area (Å²) < 4.78 is 5.88. The monoisotopic (exact) mass is 657 g/mol. The Labute approximate surface area is 262 Å². The fraction of sp³-hybridized carbons (Fsp3) is 0.600. The Kier molecular flexibility index (Phi) is 9.62. The molecule has 1 aromatic heterocycles. The van der Waals surface area contributed by atoms with Crippen molar-refractivity contribution in [2.75, 3.05) is 74.9 Å². The largest absolute Gasteiger partial charge is 0.444 e. The minimum Gasteiger partial charge on any atom is -0.444 e. The third-order valence-corrected chi connectivity index (χ3v) is 8.83. The summed E-state index contributed by atoms with van der Waals surface area (Å²) in [5, 5.41) is 6.59. The van der Waals surface area contributed by atoms with Crippen LogP contribution < -0.4 is 21.3 Å². The summed E-state index contributed by atoms with van der Waals surface area (Å²) in [6.45, 7) is 13.3. The van der Waals surface area contributed by atoms with Crippen LogP contribution in [0.4, 0.5) is 27.8 Å². The molecule has 1 atom stereocenters. The number of piperazine rings is 1. The van der Waals surface area contributed by atoms with Gasteiger partial charge in [-0.05, 0) is 87.3 Å². The minimum atomic E-state index is -0.681. The second kappa shape index (κ2) is 13.2. The van der Waals surface area contributed by atoms with E-state index in [4.69, 9.17) is 10.5 Å². The fourth-order valence-corrected chi connectivity index (χ4v) is 6.28. The number of aromatic nitrogens is 2. The topological polar surface area (TPSA) is 132 Å². The first-order chi connectivity index (χ1) is 20.4.